The van der Waals surface area contributed by atoms with Crippen LogP contribution in [0, 0.1) is 11.7 Å². The van der Waals surface area contributed by atoms with E-state index in [1.165, 1.54) is 30.3 Å². The zero-order valence-corrected chi connectivity index (χ0v) is 17.1. The van der Waals surface area contributed by atoms with E-state index in [2.05, 4.69) is 9.88 Å². The summed E-state index contributed by atoms with van der Waals surface area (Å²) in [7, 11) is 0. The topological polar surface area (TPSA) is 75.2 Å². The van der Waals surface area contributed by atoms with Crippen LogP contribution >= 0.6 is 0 Å². The lowest BCUT2D eigenvalue weighted by atomic mass is 9.89. The van der Waals surface area contributed by atoms with Gasteiger partial charge < -0.3 is 4.90 Å². The molecule has 0 atom stereocenters. The molecule has 1 aliphatic rings. The largest absolute Gasteiger partial charge is 0.328 e. The highest BCUT2D eigenvalue weighted by Crippen LogP contribution is 2.22. The standard InChI is InChI=1S/C24H24FN3O3/c25-20-8-6-18(7-9-20)23(30)19-10-12-27(13-11-19)14-15-28-21(16-22(29)26-24(28)31)17-4-2-1-3-5-17/h1-9,16,19H,10-15H2,(H,26,29,31). The highest BCUT2D eigenvalue weighted by molar-refractivity contribution is 5.97. The number of rotatable bonds is 6. The summed E-state index contributed by atoms with van der Waals surface area (Å²) in [6.45, 7) is 2.58. The van der Waals surface area contributed by atoms with Crippen LogP contribution in [-0.2, 0) is 6.54 Å². The van der Waals surface area contributed by atoms with Crippen molar-refractivity contribution in [3.8, 4) is 11.3 Å². The predicted molar refractivity (Wildman–Crippen MR) is 117 cm³/mol. The first-order valence-electron chi connectivity index (χ1n) is 10.4. The van der Waals surface area contributed by atoms with E-state index >= 15 is 0 Å². The van der Waals surface area contributed by atoms with Gasteiger partial charge in [-0.15, -0.1) is 0 Å². The van der Waals surface area contributed by atoms with Crippen molar-refractivity contribution in [2.24, 2.45) is 5.92 Å². The van der Waals surface area contributed by atoms with Crippen LogP contribution in [0.5, 0.6) is 0 Å². The Morgan fingerprint density at radius 1 is 0.968 bits per heavy atom. The number of carbonyl (C=O) groups is 1. The third kappa shape index (κ3) is 4.88. The molecule has 1 saturated heterocycles. The number of aromatic amines is 1. The number of benzene rings is 2. The Hall–Kier alpha value is -3.32. The number of likely N-dealkylation sites (tertiary alicyclic amines) is 1. The van der Waals surface area contributed by atoms with Crippen molar-refractivity contribution in [2.75, 3.05) is 19.6 Å². The lowest BCUT2D eigenvalue weighted by Crippen LogP contribution is -2.40. The quantitative estimate of drug-likeness (QED) is 0.621. The van der Waals surface area contributed by atoms with Crippen molar-refractivity contribution >= 4 is 5.78 Å². The van der Waals surface area contributed by atoms with Crippen molar-refractivity contribution in [2.45, 2.75) is 19.4 Å². The highest BCUT2D eigenvalue weighted by Gasteiger charge is 2.26. The van der Waals surface area contributed by atoms with E-state index in [-0.39, 0.29) is 17.5 Å². The van der Waals surface area contributed by atoms with Gasteiger partial charge in [0.1, 0.15) is 5.82 Å². The summed E-state index contributed by atoms with van der Waals surface area (Å²) in [5.41, 5.74) is 1.12. The lowest BCUT2D eigenvalue weighted by Gasteiger charge is -2.31. The van der Waals surface area contributed by atoms with Gasteiger partial charge in [0.05, 0.1) is 5.69 Å². The normalized spacial score (nSPS) is 15.1. The third-order valence-electron chi connectivity index (χ3n) is 5.83. The number of hydrogen-bond acceptors (Lipinski definition) is 4. The Morgan fingerprint density at radius 3 is 2.32 bits per heavy atom. The first-order chi connectivity index (χ1) is 15.0. The molecule has 1 N–H and O–H groups in total. The molecular weight excluding hydrogens is 397 g/mol. The molecule has 0 saturated carbocycles. The number of piperidine rings is 1. The van der Waals surface area contributed by atoms with Gasteiger partial charge in [-0.05, 0) is 55.8 Å². The summed E-state index contributed by atoms with van der Waals surface area (Å²) in [6.07, 6.45) is 1.45. The fourth-order valence-electron chi connectivity index (χ4n) is 4.10. The monoisotopic (exact) mass is 421 g/mol. The number of halogens is 1. The molecule has 2 aromatic carbocycles. The maximum Gasteiger partial charge on any atom is 0.328 e. The summed E-state index contributed by atoms with van der Waals surface area (Å²) < 4.78 is 14.7. The maximum absolute atomic E-state index is 13.1. The molecule has 0 amide bonds. The number of H-pyrrole nitrogens is 1. The van der Waals surface area contributed by atoms with Crippen molar-refractivity contribution in [3.63, 3.8) is 0 Å². The van der Waals surface area contributed by atoms with Gasteiger partial charge in [0, 0.05) is 30.6 Å². The number of ketones is 1. The lowest BCUT2D eigenvalue weighted by molar-refractivity contribution is 0.0837. The van der Waals surface area contributed by atoms with Crippen LogP contribution in [0.4, 0.5) is 4.39 Å². The minimum Gasteiger partial charge on any atom is -0.302 e. The number of nitrogens with one attached hydrogen (secondary N) is 1. The average Bonchev–Trinajstić information content (AvgIpc) is 2.79. The van der Waals surface area contributed by atoms with Gasteiger partial charge in [-0.1, -0.05) is 30.3 Å². The van der Waals surface area contributed by atoms with Crippen molar-refractivity contribution in [3.05, 3.63) is 92.9 Å². The van der Waals surface area contributed by atoms with Gasteiger partial charge in [-0.25, -0.2) is 9.18 Å². The van der Waals surface area contributed by atoms with Gasteiger partial charge in [0.25, 0.3) is 5.56 Å². The molecule has 1 aromatic heterocycles. The van der Waals surface area contributed by atoms with E-state index in [4.69, 9.17) is 0 Å². The second-order valence-corrected chi connectivity index (χ2v) is 7.83. The molecule has 31 heavy (non-hydrogen) atoms. The summed E-state index contributed by atoms with van der Waals surface area (Å²) in [4.78, 5) is 41.5. The Bertz CT molecular complexity index is 1160. The van der Waals surface area contributed by atoms with Crippen molar-refractivity contribution in [1.82, 2.24) is 14.5 Å². The van der Waals surface area contributed by atoms with Crippen LogP contribution in [0.3, 0.4) is 0 Å². The Labute approximate surface area is 179 Å². The molecule has 1 fully saturated rings. The Kier molecular flexibility index (Phi) is 6.23. The Morgan fingerprint density at radius 2 is 1.65 bits per heavy atom. The van der Waals surface area contributed by atoms with Crippen molar-refractivity contribution < 1.29 is 9.18 Å². The molecular formula is C24H24FN3O3. The van der Waals surface area contributed by atoms with Crippen LogP contribution < -0.4 is 11.2 Å². The molecule has 0 spiro atoms. The van der Waals surface area contributed by atoms with Crippen LogP contribution in [0.15, 0.2) is 70.3 Å². The van der Waals surface area contributed by atoms with E-state index in [1.54, 1.807) is 4.57 Å². The zero-order chi connectivity index (χ0) is 21.8. The first-order valence-corrected chi connectivity index (χ1v) is 10.4. The summed E-state index contributed by atoms with van der Waals surface area (Å²) in [5, 5.41) is 0. The van der Waals surface area contributed by atoms with Gasteiger partial charge in [0.15, 0.2) is 5.78 Å². The second kappa shape index (κ2) is 9.22. The molecule has 160 valence electrons. The zero-order valence-electron chi connectivity index (χ0n) is 17.1. The number of Topliss-reactive ketones (excluding diaryl/α,β-unsaturated/α-hetero) is 1. The molecule has 0 unspecified atom stereocenters. The number of aromatic nitrogens is 2. The minimum absolute atomic E-state index is 0.0582. The van der Waals surface area contributed by atoms with E-state index in [1.807, 2.05) is 30.3 Å². The smallest absolute Gasteiger partial charge is 0.302 e. The SMILES string of the molecule is O=C(c1ccc(F)cc1)C1CCN(CCn2c(-c3ccccc3)cc(=O)[nH]c2=O)CC1. The number of nitrogens with zero attached hydrogens (tertiary/aromatic N) is 2. The Balaban J connectivity index is 1.40. The summed E-state index contributed by atoms with van der Waals surface area (Å²) >= 11 is 0. The van der Waals surface area contributed by atoms with Crippen molar-refractivity contribution in [1.29, 1.82) is 0 Å². The van der Waals surface area contributed by atoms with Crippen LogP contribution in [0.25, 0.3) is 11.3 Å². The van der Waals surface area contributed by atoms with Crippen LogP contribution in [-0.4, -0.2) is 39.9 Å². The second-order valence-electron chi connectivity index (χ2n) is 7.83. The molecule has 3 aromatic rings. The fraction of sp³-hybridized carbons (Fsp3) is 0.292. The molecule has 6 nitrogen and oxygen atoms in total. The highest BCUT2D eigenvalue weighted by atomic mass is 19.1. The fourth-order valence-corrected chi connectivity index (χ4v) is 4.10. The third-order valence-corrected chi connectivity index (χ3v) is 5.83. The van der Waals surface area contributed by atoms with E-state index in [0.29, 0.717) is 24.3 Å². The molecule has 1 aliphatic heterocycles. The summed E-state index contributed by atoms with van der Waals surface area (Å²) in [6, 6.07) is 16.5. The summed E-state index contributed by atoms with van der Waals surface area (Å²) in [5.74, 6) is -0.362. The van der Waals surface area contributed by atoms with E-state index in [0.717, 1.165) is 31.5 Å². The molecule has 0 aliphatic carbocycles. The van der Waals surface area contributed by atoms with Crippen LogP contribution in [0.1, 0.15) is 23.2 Å². The predicted octanol–water partition coefficient (Wildman–Crippen LogP) is 2.94. The molecule has 4 rings (SSSR count). The molecule has 2 heterocycles. The average molecular weight is 421 g/mol. The van der Waals surface area contributed by atoms with Gasteiger partial charge >= 0.3 is 5.69 Å². The molecule has 0 bridgehead atoms. The minimum atomic E-state index is -0.423. The molecule has 0 radical (unpaired) electrons. The van der Waals surface area contributed by atoms with Gasteiger partial charge in [-0.3, -0.25) is 19.1 Å². The number of carbonyl (C=O) groups excluding carboxylic acids is 1. The van der Waals surface area contributed by atoms with Gasteiger partial charge in [-0.2, -0.15) is 0 Å². The first kappa shape index (κ1) is 20.9. The molecule has 7 heteroatoms. The number of hydrogen-bond donors (Lipinski definition) is 1. The van der Waals surface area contributed by atoms with E-state index in [9.17, 15) is 18.8 Å². The van der Waals surface area contributed by atoms with Crippen LogP contribution in [0.2, 0.25) is 0 Å². The maximum atomic E-state index is 13.1. The van der Waals surface area contributed by atoms with Gasteiger partial charge in [0.2, 0.25) is 0 Å². The van der Waals surface area contributed by atoms with E-state index < -0.39 is 11.2 Å².